The van der Waals surface area contributed by atoms with Gasteiger partial charge in [-0.25, -0.2) is 4.79 Å². The van der Waals surface area contributed by atoms with E-state index in [2.05, 4.69) is 29.6 Å². The van der Waals surface area contributed by atoms with Crippen molar-refractivity contribution < 1.29 is 9.53 Å². The molecular formula is C25H24N2O2. The molecule has 0 atom stereocenters. The lowest BCUT2D eigenvalue weighted by Crippen LogP contribution is -2.26. The Labute approximate surface area is 171 Å². The summed E-state index contributed by atoms with van der Waals surface area (Å²) in [4.78, 5) is 12.1. The van der Waals surface area contributed by atoms with Gasteiger partial charge in [0.05, 0.1) is 0 Å². The van der Waals surface area contributed by atoms with Crippen molar-refractivity contribution in [2.45, 2.75) is 12.8 Å². The van der Waals surface area contributed by atoms with Crippen molar-refractivity contribution in [2.75, 3.05) is 18.9 Å². The van der Waals surface area contributed by atoms with Crippen LogP contribution in [-0.4, -0.2) is 19.2 Å². The lowest BCUT2D eigenvalue weighted by Gasteiger charge is -2.14. The predicted molar refractivity (Wildman–Crippen MR) is 118 cm³/mol. The highest BCUT2D eigenvalue weighted by Gasteiger charge is 2.28. The number of amides is 1. The van der Waals surface area contributed by atoms with E-state index in [1.165, 1.54) is 22.3 Å². The molecule has 146 valence electrons. The van der Waals surface area contributed by atoms with Crippen LogP contribution in [-0.2, 0) is 4.74 Å². The lowest BCUT2D eigenvalue weighted by atomic mass is 9.98. The van der Waals surface area contributed by atoms with Crippen LogP contribution in [0.3, 0.4) is 0 Å². The molecule has 4 heteroatoms. The van der Waals surface area contributed by atoms with Crippen molar-refractivity contribution >= 4 is 17.9 Å². The third kappa shape index (κ3) is 4.02. The maximum Gasteiger partial charge on any atom is 0.407 e. The van der Waals surface area contributed by atoms with Gasteiger partial charge in [0.15, 0.2) is 0 Å². The van der Waals surface area contributed by atoms with E-state index >= 15 is 0 Å². The van der Waals surface area contributed by atoms with E-state index in [9.17, 15) is 4.79 Å². The number of rotatable bonds is 5. The summed E-state index contributed by atoms with van der Waals surface area (Å²) in [6.07, 6.45) is 3.39. The number of aryl methyl sites for hydroxylation is 1. The second-order valence-corrected chi connectivity index (χ2v) is 7.22. The van der Waals surface area contributed by atoms with Gasteiger partial charge in [-0.3, -0.25) is 0 Å². The smallest absolute Gasteiger partial charge is 0.407 e. The number of anilines is 1. The molecule has 1 aliphatic carbocycles. The zero-order valence-electron chi connectivity index (χ0n) is 16.4. The minimum atomic E-state index is -0.417. The quantitative estimate of drug-likeness (QED) is 0.600. The maximum absolute atomic E-state index is 12.1. The second kappa shape index (κ2) is 8.23. The number of benzene rings is 3. The van der Waals surface area contributed by atoms with Gasteiger partial charge in [-0.15, -0.1) is 0 Å². The third-order valence-electron chi connectivity index (χ3n) is 5.32. The Morgan fingerprint density at radius 2 is 1.69 bits per heavy atom. The van der Waals surface area contributed by atoms with Crippen molar-refractivity contribution in [3.8, 4) is 11.1 Å². The fraction of sp³-hybridized carbons (Fsp3) is 0.160. The summed E-state index contributed by atoms with van der Waals surface area (Å²) >= 11 is 0. The number of hydrogen-bond donors (Lipinski definition) is 2. The van der Waals surface area contributed by atoms with Crippen molar-refractivity contribution in [1.29, 1.82) is 0 Å². The SMILES string of the molecule is Cc1ccc(C=CCNC(=O)OCC2c3ccccc3-c3ccccc32)cc1N. The average molecular weight is 384 g/mol. The predicted octanol–water partition coefficient (Wildman–Crippen LogP) is 5.13. The molecule has 0 radical (unpaired) electrons. The van der Waals surface area contributed by atoms with Gasteiger partial charge in [-0.05, 0) is 46.4 Å². The van der Waals surface area contributed by atoms with Crippen LogP contribution in [0.1, 0.15) is 28.2 Å². The number of carbonyl (C=O) groups excluding carboxylic acids is 1. The van der Waals surface area contributed by atoms with Crippen LogP contribution in [0.4, 0.5) is 10.5 Å². The van der Waals surface area contributed by atoms with Crippen molar-refractivity contribution in [3.05, 3.63) is 95.1 Å². The molecular weight excluding hydrogens is 360 g/mol. The fourth-order valence-corrected chi connectivity index (χ4v) is 3.75. The Bertz CT molecular complexity index is 1030. The van der Waals surface area contributed by atoms with E-state index in [-0.39, 0.29) is 5.92 Å². The van der Waals surface area contributed by atoms with E-state index < -0.39 is 6.09 Å². The summed E-state index contributed by atoms with van der Waals surface area (Å²) in [5.74, 6) is 0.0687. The molecule has 29 heavy (non-hydrogen) atoms. The Kier molecular flexibility index (Phi) is 5.34. The van der Waals surface area contributed by atoms with Gasteiger partial charge in [0.1, 0.15) is 6.61 Å². The maximum atomic E-state index is 12.1. The van der Waals surface area contributed by atoms with E-state index in [1.807, 2.05) is 61.5 Å². The van der Waals surface area contributed by atoms with Gasteiger partial charge in [-0.1, -0.05) is 72.8 Å². The van der Waals surface area contributed by atoms with Crippen molar-refractivity contribution in [2.24, 2.45) is 0 Å². The van der Waals surface area contributed by atoms with Crippen LogP contribution >= 0.6 is 0 Å². The summed E-state index contributed by atoms with van der Waals surface area (Å²) in [6.45, 7) is 2.68. The second-order valence-electron chi connectivity index (χ2n) is 7.22. The molecule has 3 N–H and O–H groups in total. The highest BCUT2D eigenvalue weighted by atomic mass is 16.5. The summed E-state index contributed by atoms with van der Waals surface area (Å²) < 4.78 is 5.52. The molecule has 0 unspecified atom stereocenters. The molecule has 4 nitrogen and oxygen atoms in total. The highest BCUT2D eigenvalue weighted by Crippen LogP contribution is 2.44. The van der Waals surface area contributed by atoms with Crippen LogP contribution in [0.2, 0.25) is 0 Å². The molecule has 3 aromatic rings. The van der Waals surface area contributed by atoms with Gasteiger partial charge in [-0.2, -0.15) is 0 Å². The van der Waals surface area contributed by atoms with Gasteiger partial charge < -0.3 is 15.8 Å². The first-order valence-electron chi connectivity index (χ1n) is 9.75. The Morgan fingerprint density at radius 3 is 2.34 bits per heavy atom. The third-order valence-corrected chi connectivity index (χ3v) is 5.32. The van der Waals surface area contributed by atoms with Crippen molar-refractivity contribution in [1.82, 2.24) is 5.32 Å². The van der Waals surface area contributed by atoms with Crippen molar-refractivity contribution in [3.63, 3.8) is 0 Å². The zero-order valence-corrected chi connectivity index (χ0v) is 16.4. The van der Waals surface area contributed by atoms with Gasteiger partial charge >= 0.3 is 6.09 Å². The molecule has 0 saturated heterocycles. The lowest BCUT2D eigenvalue weighted by molar-refractivity contribution is 0.144. The Hall–Kier alpha value is -3.53. The topological polar surface area (TPSA) is 64.3 Å². The molecule has 0 heterocycles. The number of nitrogen functional groups attached to an aromatic ring is 1. The van der Waals surface area contributed by atoms with Crippen LogP contribution in [0, 0.1) is 6.92 Å². The molecule has 0 spiro atoms. The number of ether oxygens (including phenoxy) is 1. The Balaban J connectivity index is 1.33. The highest BCUT2D eigenvalue weighted by molar-refractivity contribution is 5.79. The largest absolute Gasteiger partial charge is 0.449 e. The summed E-state index contributed by atoms with van der Waals surface area (Å²) in [7, 11) is 0. The van der Waals surface area contributed by atoms with E-state index in [0.29, 0.717) is 13.2 Å². The first kappa shape index (κ1) is 18.8. The first-order chi connectivity index (χ1) is 14.1. The number of fused-ring (bicyclic) bond motifs is 3. The van der Waals surface area contributed by atoms with E-state index in [1.54, 1.807) is 0 Å². The Morgan fingerprint density at radius 1 is 1.03 bits per heavy atom. The monoisotopic (exact) mass is 384 g/mol. The molecule has 0 saturated carbocycles. The molecule has 3 aromatic carbocycles. The molecule has 4 rings (SSSR count). The first-order valence-corrected chi connectivity index (χ1v) is 9.75. The molecule has 1 amide bonds. The van der Waals surface area contributed by atoms with Crippen LogP contribution in [0.5, 0.6) is 0 Å². The number of nitrogens with one attached hydrogen (secondary N) is 1. The number of hydrogen-bond acceptors (Lipinski definition) is 3. The number of nitrogens with two attached hydrogens (primary N) is 1. The summed E-state index contributed by atoms with van der Waals surface area (Å²) in [6, 6.07) is 22.5. The molecule has 0 fully saturated rings. The minimum Gasteiger partial charge on any atom is -0.449 e. The zero-order chi connectivity index (χ0) is 20.2. The standard InChI is InChI=1S/C25H24N2O2/c1-17-12-13-18(15-24(17)26)7-6-14-27-25(28)29-16-23-21-10-4-2-8-19(21)20-9-3-5-11-22(20)23/h2-13,15,23H,14,16,26H2,1H3,(H,27,28). The summed E-state index contributed by atoms with van der Waals surface area (Å²) in [5.41, 5.74) is 13.6. The molecule has 0 bridgehead atoms. The minimum absolute atomic E-state index is 0.0687. The van der Waals surface area contributed by atoms with Crippen LogP contribution in [0.25, 0.3) is 17.2 Å². The fourth-order valence-electron chi connectivity index (χ4n) is 3.75. The molecule has 0 aromatic heterocycles. The normalized spacial score (nSPS) is 12.6. The number of alkyl carbamates (subject to hydrolysis) is 1. The number of carbonyl (C=O) groups is 1. The summed E-state index contributed by atoms with van der Waals surface area (Å²) in [5, 5.41) is 2.77. The van der Waals surface area contributed by atoms with Crippen LogP contribution < -0.4 is 11.1 Å². The van der Waals surface area contributed by atoms with Gasteiger partial charge in [0.2, 0.25) is 0 Å². The van der Waals surface area contributed by atoms with E-state index in [0.717, 1.165) is 16.8 Å². The molecule has 0 aliphatic heterocycles. The average Bonchev–Trinajstić information content (AvgIpc) is 3.06. The van der Waals surface area contributed by atoms with Gasteiger partial charge in [0.25, 0.3) is 0 Å². The van der Waals surface area contributed by atoms with Crippen LogP contribution in [0.15, 0.2) is 72.8 Å². The molecule has 1 aliphatic rings. The van der Waals surface area contributed by atoms with E-state index in [4.69, 9.17) is 10.5 Å². The van der Waals surface area contributed by atoms with Gasteiger partial charge in [0, 0.05) is 18.2 Å².